The molecule has 0 aliphatic carbocycles. The van der Waals surface area contributed by atoms with Crippen LogP contribution in [0.15, 0.2) is 18.3 Å². The van der Waals surface area contributed by atoms with Crippen LogP contribution in [0.4, 0.5) is 4.79 Å². The van der Waals surface area contributed by atoms with Crippen LogP contribution in [0.1, 0.15) is 49.2 Å². The van der Waals surface area contributed by atoms with E-state index in [1.807, 2.05) is 0 Å². The molecule has 1 rings (SSSR count). The van der Waals surface area contributed by atoms with Gasteiger partial charge in [0.05, 0.1) is 17.8 Å². The maximum atomic E-state index is 11.6. The summed E-state index contributed by atoms with van der Waals surface area (Å²) in [6.45, 7) is 5.21. The number of amides is 2. The van der Waals surface area contributed by atoms with Crippen molar-refractivity contribution in [3.63, 3.8) is 0 Å². The molecule has 21 heavy (non-hydrogen) atoms. The molecular weight excluding hydrogens is 270 g/mol. The number of carboxylic acid groups (broad SMARTS) is 1. The smallest absolute Gasteiger partial charge is 0.335 e. The quantitative estimate of drug-likeness (QED) is 0.642. The third-order valence-corrected chi connectivity index (χ3v) is 2.99. The van der Waals surface area contributed by atoms with Gasteiger partial charge < -0.3 is 15.7 Å². The van der Waals surface area contributed by atoms with Gasteiger partial charge in [0, 0.05) is 12.7 Å². The van der Waals surface area contributed by atoms with Crippen LogP contribution in [0.2, 0.25) is 0 Å². The van der Waals surface area contributed by atoms with Crippen molar-refractivity contribution in [3.8, 4) is 0 Å². The number of aromatic nitrogens is 1. The molecule has 116 valence electrons. The fourth-order valence-corrected chi connectivity index (χ4v) is 1.82. The zero-order valence-electron chi connectivity index (χ0n) is 12.6. The SMILES string of the molecule is CC(C)CCCCNC(=O)NCc1cc(C(=O)O)ccn1. The van der Waals surface area contributed by atoms with E-state index in [-0.39, 0.29) is 18.1 Å². The van der Waals surface area contributed by atoms with Crippen LogP contribution in [0.3, 0.4) is 0 Å². The maximum Gasteiger partial charge on any atom is 0.335 e. The number of aromatic carboxylic acids is 1. The monoisotopic (exact) mass is 293 g/mol. The van der Waals surface area contributed by atoms with Crippen molar-refractivity contribution < 1.29 is 14.7 Å². The van der Waals surface area contributed by atoms with Crippen LogP contribution < -0.4 is 10.6 Å². The van der Waals surface area contributed by atoms with Crippen molar-refractivity contribution in [1.82, 2.24) is 15.6 Å². The molecule has 1 heterocycles. The first kappa shape index (κ1) is 16.9. The molecule has 0 aliphatic rings. The lowest BCUT2D eigenvalue weighted by Gasteiger charge is -2.08. The molecule has 1 aromatic heterocycles. The second kappa shape index (κ2) is 8.94. The Hall–Kier alpha value is -2.11. The number of carbonyl (C=O) groups excluding carboxylic acids is 1. The van der Waals surface area contributed by atoms with Crippen molar-refractivity contribution in [2.45, 2.75) is 39.7 Å². The number of pyridine rings is 1. The van der Waals surface area contributed by atoms with E-state index < -0.39 is 5.97 Å². The lowest BCUT2D eigenvalue weighted by molar-refractivity contribution is 0.0696. The zero-order chi connectivity index (χ0) is 15.7. The number of rotatable bonds is 8. The van der Waals surface area contributed by atoms with E-state index in [9.17, 15) is 9.59 Å². The topological polar surface area (TPSA) is 91.3 Å². The molecule has 0 saturated heterocycles. The van der Waals surface area contributed by atoms with Gasteiger partial charge in [-0.05, 0) is 24.5 Å². The van der Waals surface area contributed by atoms with Crippen LogP contribution >= 0.6 is 0 Å². The minimum Gasteiger partial charge on any atom is -0.478 e. The lowest BCUT2D eigenvalue weighted by Crippen LogP contribution is -2.35. The summed E-state index contributed by atoms with van der Waals surface area (Å²) < 4.78 is 0. The van der Waals surface area contributed by atoms with Crippen molar-refractivity contribution in [2.75, 3.05) is 6.54 Å². The molecule has 0 aliphatic heterocycles. The van der Waals surface area contributed by atoms with E-state index in [0.29, 0.717) is 18.2 Å². The Morgan fingerprint density at radius 2 is 2.05 bits per heavy atom. The molecule has 3 N–H and O–H groups in total. The Morgan fingerprint density at radius 1 is 1.29 bits per heavy atom. The van der Waals surface area contributed by atoms with E-state index in [1.54, 1.807) is 0 Å². The molecule has 1 aromatic rings. The molecule has 6 nitrogen and oxygen atoms in total. The first-order valence-electron chi connectivity index (χ1n) is 7.19. The van der Waals surface area contributed by atoms with Gasteiger partial charge in [-0.25, -0.2) is 9.59 Å². The summed E-state index contributed by atoms with van der Waals surface area (Å²) in [5.74, 6) is -0.320. The second-order valence-corrected chi connectivity index (χ2v) is 5.34. The summed E-state index contributed by atoms with van der Waals surface area (Å²) in [5.41, 5.74) is 0.681. The zero-order valence-corrected chi connectivity index (χ0v) is 12.6. The van der Waals surface area contributed by atoms with Crippen molar-refractivity contribution >= 4 is 12.0 Å². The average molecular weight is 293 g/mol. The molecule has 0 aromatic carbocycles. The minimum atomic E-state index is -1.01. The Balaban J connectivity index is 2.24. The predicted octanol–water partition coefficient (Wildman–Crippen LogP) is 2.41. The summed E-state index contributed by atoms with van der Waals surface area (Å²) >= 11 is 0. The van der Waals surface area contributed by atoms with Gasteiger partial charge in [-0.1, -0.05) is 26.7 Å². The van der Waals surface area contributed by atoms with E-state index in [2.05, 4.69) is 29.5 Å². The van der Waals surface area contributed by atoms with Gasteiger partial charge in [-0.2, -0.15) is 0 Å². The highest BCUT2D eigenvalue weighted by molar-refractivity contribution is 5.87. The fourth-order valence-electron chi connectivity index (χ4n) is 1.82. The van der Waals surface area contributed by atoms with Gasteiger partial charge in [0.15, 0.2) is 0 Å². The highest BCUT2D eigenvalue weighted by atomic mass is 16.4. The molecule has 0 unspecified atom stereocenters. The summed E-state index contributed by atoms with van der Waals surface area (Å²) in [5, 5.41) is 14.3. The first-order valence-corrected chi connectivity index (χ1v) is 7.19. The van der Waals surface area contributed by atoms with Gasteiger partial charge in [-0.3, -0.25) is 4.98 Å². The number of hydrogen-bond donors (Lipinski definition) is 3. The van der Waals surface area contributed by atoms with E-state index in [4.69, 9.17) is 5.11 Å². The van der Waals surface area contributed by atoms with Gasteiger partial charge in [-0.15, -0.1) is 0 Å². The predicted molar refractivity (Wildman–Crippen MR) is 80.1 cm³/mol. The van der Waals surface area contributed by atoms with Crippen LogP contribution in [0.25, 0.3) is 0 Å². The van der Waals surface area contributed by atoms with Crippen molar-refractivity contribution in [1.29, 1.82) is 0 Å². The summed E-state index contributed by atoms with van der Waals surface area (Å²) in [6, 6.07) is 2.60. The van der Waals surface area contributed by atoms with Gasteiger partial charge >= 0.3 is 12.0 Å². The highest BCUT2D eigenvalue weighted by Crippen LogP contribution is 2.05. The summed E-state index contributed by atoms with van der Waals surface area (Å²) in [6.07, 6.45) is 4.64. The molecule has 0 atom stereocenters. The standard InChI is InChI=1S/C15H23N3O3/c1-11(2)5-3-4-7-17-15(21)18-10-13-9-12(14(19)20)6-8-16-13/h6,8-9,11H,3-5,7,10H2,1-2H3,(H,19,20)(H2,17,18,21). The molecule has 2 amide bonds. The van der Waals surface area contributed by atoms with Crippen LogP contribution in [0.5, 0.6) is 0 Å². The first-order chi connectivity index (χ1) is 9.99. The molecule has 0 spiro atoms. The number of hydrogen-bond acceptors (Lipinski definition) is 3. The Morgan fingerprint density at radius 3 is 2.71 bits per heavy atom. The number of nitrogens with zero attached hydrogens (tertiary/aromatic N) is 1. The third kappa shape index (κ3) is 7.29. The maximum absolute atomic E-state index is 11.6. The summed E-state index contributed by atoms with van der Waals surface area (Å²) in [4.78, 5) is 26.4. The number of carboxylic acids is 1. The van der Waals surface area contributed by atoms with Crippen LogP contribution in [0, 0.1) is 5.92 Å². The highest BCUT2D eigenvalue weighted by Gasteiger charge is 2.05. The molecule has 0 fully saturated rings. The average Bonchev–Trinajstić information content (AvgIpc) is 2.44. The number of nitrogens with one attached hydrogen (secondary N) is 2. The minimum absolute atomic E-state index is 0.163. The number of unbranched alkanes of at least 4 members (excludes halogenated alkanes) is 1. The largest absolute Gasteiger partial charge is 0.478 e. The Bertz CT molecular complexity index is 475. The second-order valence-electron chi connectivity index (χ2n) is 5.34. The third-order valence-electron chi connectivity index (χ3n) is 2.99. The Kier molecular flexibility index (Phi) is 7.21. The van der Waals surface area contributed by atoms with Crippen LogP contribution in [-0.4, -0.2) is 28.6 Å². The molecule has 0 bridgehead atoms. The van der Waals surface area contributed by atoms with Gasteiger partial charge in [0.2, 0.25) is 0 Å². The van der Waals surface area contributed by atoms with Gasteiger partial charge in [0.25, 0.3) is 0 Å². The number of urea groups is 1. The Labute approximate surface area is 125 Å². The van der Waals surface area contributed by atoms with E-state index in [0.717, 1.165) is 19.3 Å². The molecule has 0 saturated carbocycles. The molecule has 6 heteroatoms. The lowest BCUT2D eigenvalue weighted by atomic mass is 10.1. The fraction of sp³-hybridized carbons (Fsp3) is 0.533. The van der Waals surface area contributed by atoms with Crippen molar-refractivity contribution in [2.24, 2.45) is 5.92 Å². The summed E-state index contributed by atoms with van der Waals surface area (Å²) in [7, 11) is 0. The van der Waals surface area contributed by atoms with Gasteiger partial charge in [0.1, 0.15) is 0 Å². The molecule has 0 radical (unpaired) electrons. The van der Waals surface area contributed by atoms with Crippen LogP contribution in [-0.2, 0) is 6.54 Å². The van der Waals surface area contributed by atoms with E-state index in [1.165, 1.54) is 18.3 Å². The van der Waals surface area contributed by atoms with Crippen molar-refractivity contribution in [3.05, 3.63) is 29.6 Å². The normalized spacial score (nSPS) is 10.4. The molecular formula is C15H23N3O3. The number of carbonyl (C=O) groups is 2. The van der Waals surface area contributed by atoms with E-state index >= 15 is 0 Å².